The van der Waals surface area contributed by atoms with E-state index in [1.54, 1.807) is 22.7 Å². The van der Waals surface area contributed by atoms with Crippen LogP contribution in [0.2, 0.25) is 0 Å². The lowest BCUT2D eigenvalue weighted by atomic mass is 9.96. The van der Waals surface area contributed by atoms with Gasteiger partial charge in [-0.05, 0) is 23.8 Å². The largest absolute Gasteiger partial charge is 0.327 e. The quantitative estimate of drug-likeness (QED) is 0.946. The summed E-state index contributed by atoms with van der Waals surface area (Å²) >= 11 is 3.45. The zero-order valence-corrected chi connectivity index (χ0v) is 12.7. The van der Waals surface area contributed by atoms with Crippen molar-refractivity contribution < 1.29 is 0 Å². The number of thiazole rings is 1. The third kappa shape index (κ3) is 3.23. The Kier molecular flexibility index (Phi) is 3.98. The first-order valence-corrected chi connectivity index (χ1v) is 8.48. The SMILES string of the molecule is CC1CC(N)CN(Cc2csc(-c3ccsc3)n2)C1. The van der Waals surface area contributed by atoms with Gasteiger partial charge in [0, 0.05) is 42.0 Å². The van der Waals surface area contributed by atoms with Crippen molar-refractivity contribution in [1.82, 2.24) is 9.88 Å². The molecule has 2 N–H and O–H groups in total. The van der Waals surface area contributed by atoms with Gasteiger partial charge in [-0.25, -0.2) is 4.98 Å². The highest BCUT2D eigenvalue weighted by atomic mass is 32.1. The van der Waals surface area contributed by atoms with Gasteiger partial charge in [0.05, 0.1) is 5.69 Å². The Morgan fingerprint density at radius 3 is 3.05 bits per heavy atom. The molecule has 1 saturated heterocycles. The van der Waals surface area contributed by atoms with Crippen molar-refractivity contribution in [2.45, 2.75) is 25.9 Å². The highest BCUT2D eigenvalue weighted by Crippen LogP contribution is 2.26. The zero-order chi connectivity index (χ0) is 13.2. The molecule has 0 aromatic carbocycles. The first kappa shape index (κ1) is 13.2. The monoisotopic (exact) mass is 293 g/mol. The average Bonchev–Trinajstić information content (AvgIpc) is 2.96. The maximum atomic E-state index is 6.09. The maximum Gasteiger partial charge on any atom is 0.124 e. The molecule has 0 aliphatic carbocycles. The van der Waals surface area contributed by atoms with Gasteiger partial charge in [0.1, 0.15) is 5.01 Å². The van der Waals surface area contributed by atoms with E-state index in [-0.39, 0.29) is 0 Å². The highest BCUT2D eigenvalue weighted by molar-refractivity contribution is 7.14. The van der Waals surface area contributed by atoms with Crippen LogP contribution in [0.25, 0.3) is 10.6 Å². The first-order valence-electron chi connectivity index (χ1n) is 6.65. The van der Waals surface area contributed by atoms with E-state index in [0.717, 1.165) is 31.1 Å². The summed E-state index contributed by atoms with van der Waals surface area (Å²) in [6, 6.07) is 2.45. The van der Waals surface area contributed by atoms with Crippen molar-refractivity contribution >= 4 is 22.7 Å². The topological polar surface area (TPSA) is 42.1 Å². The van der Waals surface area contributed by atoms with E-state index >= 15 is 0 Å². The lowest BCUT2D eigenvalue weighted by Gasteiger charge is -2.34. The number of rotatable bonds is 3. The summed E-state index contributed by atoms with van der Waals surface area (Å²) in [4.78, 5) is 7.18. The van der Waals surface area contributed by atoms with Gasteiger partial charge in [-0.2, -0.15) is 11.3 Å². The van der Waals surface area contributed by atoms with Gasteiger partial charge in [-0.3, -0.25) is 4.90 Å². The number of nitrogens with two attached hydrogens (primary N) is 1. The number of hydrogen-bond donors (Lipinski definition) is 1. The smallest absolute Gasteiger partial charge is 0.124 e. The molecule has 0 radical (unpaired) electrons. The van der Waals surface area contributed by atoms with Crippen LogP contribution in [0.4, 0.5) is 0 Å². The Hall–Kier alpha value is -0.750. The van der Waals surface area contributed by atoms with Crippen LogP contribution in [0.3, 0.4) is 0 Å². The van der Waals surface area contributed by atoms with Gasteiger partial charge >= 0.3 is 0 Å². The van der Waals surface area contributed by atoms with Crippen LogP contribution in [-0.4, -0.2) is 29.0 Å². The van der Waals surface area contributed by atoms with Crippen LogP contribution in [0.1, 0.15) is 19.0 Å². The second kappa shape index (κ2) is 5.71. The Labute approximate surface area is 122 Å². The molecule has 5 heteroatoms. The third-order valence-corrected chi connectivity index (χ3v) is 5.10. The van der Waals surface area contributed by atoms with Crippen LogP contribution >= 0.6 is 22.7 Å². The van der Waals surface area contributed by atoms with Crippen molar-refractivity contribution in [3.63, 3.8) is 0 Å². The van der Waals surface area contributed by atoms with Crippen LogP contribution < -0.4 is 5.73 Å². The van der Waals surface area contributed by atoms with Gasteiger partial charge in [0.15, 0.2) is 0 Å². The van der Waals surface area contributed by atoms with E-state index in [9.17, 15) is 0 Å². The number of aromatic nitrogens is 1. The average molecular weight is 293 g/mol. The molecule has 19 heavy (non-hydrogen) atoms. The van der Waals surface area contributed by atoms with Crippen LogP contribution in [0, 0.1) is 5.92 Å². The fraction of sp³-hybridized carbons (Fsp3) is 0.500. The Morgan fingerprint density at radius 1 is 1.42 bits per heavy atom. The minimum absolute atomic E-state index is 0.318. The zero-order valence-electron chi connectivity index (χ0n) is 11.1. The lowest BCUT2D eigenvalue weighted by molar-refractivity contribution is 0.157. The Bertz CT molecular complexity index is 511. The number of thiophene rings is 1. The summed E-state index contributed by atoms with van der Waals surface area (Å²) < 4.78 is 0. The standard InChI is InChI=1S/C14H19N3S2/c1-10-4-12(15)6-17(5-10)7-13-9-19-14(16-13)11-2-3-18-8-11/h2-3,8-10,12H,4-7,15H2,1H3. The minimum atomic E-state index is 0.318. The summed E-state index contributed by atoms with van der Waals surface area (Å²) in [5, 5.41) is 7.56. The number of nitrogens with zero attached hydrogens (tertiary/aromatic N) is 2. The van der Waals surface area contributed by atoms with Gasteiger partial charge in [-0.1, -0.05) is 6.92 Å². The summed E-state index contributed by atoms with van der Waals surface area (Å²) in [5.74, 6) is 0.693. The molecule has 3 nitrogen and oxygen atoms in total. The predicted molar refractivity (Wildman–Crippen MR) is 82.5 cm³/mol. The molecule has 2 aromatic heterocycles. The van der Waals surface area contributed by atoms with Gasteiger partial charge in [-0.15, -0.1) is 11.3 Å². The van der Waals surface area contributed by atoms with Crippen LogP contribution in [0.5, 0.6) is 0 Å². The van der Waals surface area contributed by atoms with E-state index in [1.165, 1.54) is 11.3 Å². The molecule has 3 heterocycles. The van der Waals surface area contributed by atoms with Crippen LogP contribution in [0.15, 0.2) is 22.2 Å². The lowest BCUT2D eigenvalue weighted by Crippen LogP contribution is -2.45. The summed E-state index contributed by atoms with van der Waals surface area (Å²) in [5.41, 5.74) is 8.51. The summed E-state index contributed by atoms with van der Waals surface area (Å²) in [6.45, 7) is 5.34. The Morgan fingerprint density at radius 2 is 2.32 bits per heavy atom. The molecule has 0 amide bonds. The molecular formula is C14H19N3S2. The predicted octanol–water partition coefficient (Wildman–Crippen LogP) is 3.04. The first-order chi connectivity index (χ1) is 9.20. The molecule has 1 aliphatic rings. The fourth-order valence-electron chi connectivity index (χ4n) is 2.77. The van der Waals surface area contributed by atoms with Crippen molar-refractivity contribution in [3.05, 3.63) is 27.9 Å². The molecule has 102 valence electrons. The van der Waals surface area contributed by atoms with E-state index in [4.69, 9.17) is 10.7 Å². The molecule has 2 aromatic rings. The molecular weight excluding hydrogens is 274 g/mol. The number of piperidine rings is 1. The van der Waals surface area contributed by atoms with E-state index in [2.05, 4.69) is 34.0 Å². The highest BCUT2D eigenvalue weighted by Gasteiger charge is 2.22. The van der Waals surface area contributed by atoms with E-state index in [1.807, 2.05) is 0 Å². The molecule has 3 rings (SSSR count). The van der Waals surface area contributed by atoms with Crippen molar-refractivity contribution in [3.8, 4) is 10.6 Å². The minimum Gasteiger partial charge on any atom is -0.327 e. The molecule has 1 fully saturated rings. The second-order valence-corrected chi connectivity index (χ2v) is 7.09. The molecule has 0 saturated carbocycles. The molecule has 0 bridgehead atoms. The number of likely N-dealkylation sites (tertiary alicyclic amines) is 1. The normalized spacial score (nSPS) is 24.7. The maximum absolute atomic E-state index is 6.09. The van der Waals surface area contributed by atoms with E-state index < -0.39 is 0 Å². The summed E-state index contributed by atoms with van der Waals surface area (Å²) in [7, 11) is 0. The molecule has 0 spiro atoms. The van der Waals surface area contributed by atoms with Gasteiger partial charge in [0.25, 0.3) is 0 Å². The van der Waals surface area contributed by atoms with Crippen molar-refractivity contribution in [2.24, 2.45) is 11.7 Å². The van der Waals surface area contributed by atoms with Crippen LogP contribution in [-0.2, 0) is 6.54 Å². The second-order valence-electron chi connectivity index (χ2n) is 5.45. The molecule has 1 aliphatic heterocycles. The number of hydrogen-bond acceptors (Lipinski definition) is 5. The molecule has 2 atom stereocenters. The van der Waals surface area contributed by atoms with E-state index in [0.29, 0.717) is 12.0 Å². The molecule has 2 unspecified atom stereocenters. The van der Waals surface area contributed by atoms with Gasteiger partial charge in [0.2, 0.25) is 0 Å². The fourth-order valence-corrected chi connectivity index (χ4v) is 4.29. The van der Waals surface area contributed by atoms with Gasteiger partial charge < -0.3 is 5.73 Å². The summed E-state index contributed by atoms with van der Waals surface area (Å²) in [6.07, 6.45) is 1.15. The third-order valence-electron chi connectivity index (χ3n) is 3.47. The Balaban J connectivity index is 1.67. The van der Waals surface area contributed by atoms with Crippen molar-refractivity contribution in [1.29, 1.82) is 0 Å². The van der Waals surface area contributed by atoms with Crippen molar-refractivity contribution in [2.75, 3.05) is 13.1 Å².